The highest BCUT2D eigenvalue weighted by molar-refractivity contribution is 7.53. The second kappa shape index (κ2) is 9.44. The molecular formula is C13H17F5NO5PSi. The lowest BCUT2D eigenvalue weighted by molar-refractivity contribution is -0.142. The van der Waals surface area contributed by atoms with Crippen LogP contribution in [0.3, 0.4) is 0 Å². The molecule has 13 heteroatoms. The van der Waals surface area contributed by atoms with Gasteiger partial charge in [0, 0.05) is 0 Å². The van der Waals surface area contributed by atoms with Crippen molar-refractivity contribution in [1.29, 1.82) is 0 Å². The molecule has 0 aliphatic rings. The van der Waals surface area contributed by atoms with Crippen molar-refractivity contribution in [2.75, 3.05) is 13.2 Å². The number of benzene rings is 1. The van der Waals surface area contributed by atoms with E-state index in [1.165, 1.54) is 13.8 Å². The lowest BCUT2D eigenvalue weighted by atomic mass is 10.3. The molecule has 6 nitrogen and oxygen atoms in total. The molecule has 0 saturated carbocycles. The van der Waals surface area contributed by atoms with Crippen molar-refractivity contribution < 1.29 is 45.1 Å². The molecule has 0 aliphatic heterocycles. The van der Waals surface area contributed by atoms with Crippen LogP contribution >= 0.6 is 7.75 Å². The molecule has 0 heterocycles. The molecule has 0 spiro atoms. The Labute approximate surface area is 148 Å². The lowest BCUT2D eigenvalue weighted by Gasteiger charge is -2.21. The largest absolute Gasteiger partial charge is 0.466 e. The minimum absolute atomic E-state index is 0.113. The van der Waals surface area contributed by atoms with Crippen molar-refractivity contribution in [3.63, 3.8) is 0 Å². The van der Waals surface area contributed by atoms with E-state index in [9.17, 15) is 31.3 Å². The number of esters is 1. The molecule has 0 radical (unpaired) electrons. The summed E-state index contributed by atoms with van der Waals surface area (Å²) < 4.78 is 95.7. The Bertz CT molecular complexity index is 694. The molecule has 0 amide bonds. The van der Waals surface area contributed by atoms with E-state index in [-0.39, 0.29) is 13.2 Å². The zero-order chi connectivity index (χ0) is 20.1. The predicted molar refractivity (Wildman–Crippen MR) is 83.8 cm³/mol. The summed E-state index contributed by atoms with van der Waals surface area (Å²) in [7, 11) is -6.26. The number of halogens is 5. The zero-order valence-corrected chi connectivity index (χ0v) is 16.4. The molecule has 1 N–H and O–H groups in total. The van der Waals surface area contributed by atoms with Gasteiger partial charge in [0.25, 0.3) is 0 Å². The average Bonchev–Trinajstić information content (AvgIpc) is 2.60. The molecule has 1 unspecified atom stereocenters. The molecule has 0 saturated heterocycles. The molecule has 26 heavy (non-hydrogen) atoms. The molecule has 0 aromatic heterocycles. The fraction of sp³-hybridized carbons (Fsp3) is 0.462. The van der Waals surface area contributed by atoms with E-state index in [4.69, 9.17) is 9.26 Å². The molecule has 1 aromatic carbocycles. The summed E-state index contributed by atoms with van der Waals surface area (Å²) in [5.41, 5.74) is -0.719. The normalized spacial score (nSPS) is 15.1. The van der Waals surface area contributed by atoms with Crippen molar-refractivity contribution in [1.82, 2.24) is 4.75 Å². The van der Waals surface area contributed by atoms with Gasteiger partial charge in [-0.3, -0.25) is 9.32 Å². The van der Waals surface area contributed by atoms with Crippen molar-refractivity contribution in [2.45, 2.75) is 26.3 Å². The summed E-state index contributed by atoms with van der Waals surface area (Å²) in [6.45, 7) is 4.25. The summed E-state index contributed by atoms with van der Waals surface area (Å²) in [6, 6.07) is 0. The Hall–Kier alpha value is -1.49. The minimum Gasteiger partial charge on any atom is -0.466 e. The summed E-state index contributed by atoms with van der Waals surface area (Å²) >= 11 is 0. The fourth-order valence-electron chi connectivity index (χ4n) is 1.68. The summed E-state index contributed by atoms with van der Waals surface area (Å²) in [4.78, 5) is 11.6. The van der Waals surface area contributed by atoms with Gasteiger partial charge in [-0.2, -0.15) is 8.78 Å². The molecular weight excluding hydrogens is 404 g/mol. The summed E-state index contributed by atoms with van der Waals surface area (Å²) in [5.74, 6) is -13.8. The first-order valence-corrected chi connectivity index (χ1v) is 10.5. The molecule has 0 aliphatic carbocycles. The van der Waals surface area contributed by atoms with E-state index in [1.807, 2.05) is 0 Å². The maximum Gasteiger partial charge on any atom is 0.452 e. The minimum atomic E-state index is -4.49. The third-order valence-electron chi connectivity index (χ3n) is 2.96. The fourth-order valence-corrected chi connectivity index (χ4v) is 5.37. The van der Waals surface area contributed by atoms with Gasteiger partial charge in [0.15, 0.2) is 0 Å². The van der Waals surface area contributed by atoms with E-state index >= 15 is 0 Å². The van der Waals surface area contributed by atoms with Crippen LogP contribution in [0.1, 0.15) is 20.8 Å². The Kier molecular flexibility index (Phi) is 8.19. The highest BCUT2D eigenvalue weighted by Gasteiger charge is 2.34. The van der Waals surface area contributed by atoms with Crippen molar-refractivity contribution in [3.8, 4) is 5.75 Å². The maximum atomic E-state index is 13.7. The molecule has 0 bridgehead atoms. The van der Waals surface area contributed by atoms with E-state index in [2.05, 4.69) is 9.28 Å². The van der Waals surface area contributed by atoms with Gasteiger partial charge in [-0.25, -0.2) is 22.5 Å². The van der Waals surface area contributed by atoms with Gasteiger partial charge in [-0.15, -0.1) is 0 Å². The Morgan fingerprint density at radius 3 is 2.00 bits per heavy atom. The molecule has 148 valence electrons. The monoisotopic (exact) mass is 421 g/mol. The van der Waals surface area contributed by atoms with E-state index in [1.54, 1.807) is 6.92 Å². The van der Waals surface area contributed by atoms with Gasteiger partial charge >= 0.3 is 13.7 Å². The Balaban J connectivity index is 3.08. The van der Waals surface area contributed by atoms with Gasteiger partial charge in [0.1, 0.15) is 9.68 Å². The standard InChI is InChI=1S/C13H17F5NO5PSi/c1-4-22-13(20)6(3)26-19-25(21,23-5-2)24-12-10(17)8(15)7(14)9(16)11(12)18/h6H,4-5,26H2,1-3H3,(H,19,21)/t6-,25?/m0/s1. The Morgan fingerprint density at radius 1 is 1.04 bits per heavy atom. The number of nitrogens with one attached hydrogen (secondary N) is 1. The van der Waals surface area contributed by atoms with Gasteiger partial charge in [0.2, 0.25) is 34.8 Å². The molecule has 2 atom stereocenters. The van der Waals surface area contributed by atoms with Crippen LogP contribution in [-0.2, 0) is 18.6 Å². The molecule has 0 fully saturated rings. The van der Waals surface area contributed by atoms with Crippen LogP contribution < -0.4 is 9.28 Å². The van der Waals surface area contributed by atoms with Gasteiger partial charge < -0.3 is 9.26 Å². The van der Waals surface area contributed by atoms with Crippen molar-refractivity contribution in [3.05, 3.63) is 29.1 Å². The number of ether oxygens (including phenoxy) is 1. The predicted octanol–water partition coefficient (Wildman–Crippen LogP) is 2.95. The quantitative estimate of drug-likeness (QED) is 0.165. The summed E-state index contributed by atoms with van der Waals surface area (Å²) in [6.07, 6.45) is 0. The van der Waals surface area contributed by atoms with Crippen LogP contribution in [0.4, 0.5) is 22.0 Å². The molecule has 1 rings (SSSR count). The molecule has 1 aromatic rings. The second-order valence-corrected chi connectivity index (χ2v) is 9.25. The smallest absolute Gasteiger partial charge is 0.452 e. The van der Waals surface area contributed by atoms with E-state index < -0.39 is 63.8 Å². The number of carbonyl (C=O) groups excluding carboxylic acids is 1. The topological polar surface area (TPSA) is 73.9 Å². The summed E-state index contributed by atoms with van der Waals surface area (Å²) in [5, 5.41) is 0. The first-order chi connectivity index (χ1) is 12.1. The van der Waals surface area contributed by atoms with E-state index in [0.717, 1.165) is 0 Å². The van der Waals surface area contributed by atoms with Crippen LogP contribution in [0, 0.1) is 29.1 Å². The highest BCUT2D eigenvalue weighted by atomic mass is 31.2. The van der Waals surface area contributed by atoms with Gasteiger partial charge in [0.05, 0.1) is 18.8 Å². The number of rotatable bonds is 9. The van der Waals surface area contributed by atoms with Gasteiger partial charge in [-0.1, -0.05) is 6.92 Å². The number of hydrogen-bond donors (Lipinski definition) is 1. The third kappa shape index (κ3) is 5.26. The Morgan fingerprint density at radius 2 is 1.54 bits per heavy atom. The van der Waals surface area contributed by atoms with Crippen molar-refractivity contribution in [2.24, 2.45) is 0 Å². The highest BCUT2D eigenvalue weighted by Crippen LogP contribution is 2.46. The van der Waals surface area contributed by atoms with Crippen LogP contribution in [-0.4, -0.2) is 28.9 Å². The van der Waals surface area contributed by atoms with Gasteiger partial charge in [-0.05, 0) is 13.8 Å². The number of carbonyl (C=O) groups is 1. The van der Waals surface area contributed by atoms with Crippen LogP contribution in [0.25, 0.3) is 0 Å². The average molecular weight is 421 g/mol. The SMILES string of the molecule is CCOC(=O)[C@H](C)[SiH2]NP(=O)(OCC)Oc1c(F)c(F)c(F)c(F)c1F. The second-order valence-electron chi connectivity index (χ2n) is 4.92. The first kappa shape index (κ1) is 22.5. The first-order valence-electron chi connectivity index (χ1n) is 7.45. The maximum absolute atomic E-state index is 13.7. The lowest BCUT2D eigenvalue weighted by Crippen LogP contribution is -2.28. The van der Waals surface area contributed by atoms with Crippen molar-refractivity contribution >= 4 is 23.4 Å². The zero-order valence-electron chi connectivity index (χ0n) is 14.1. The van der Waals surface area contributed by atoms with E-state index in [0.29, 0.717) is 0 Å². The third-order valence-corrected chi connectivity index (χ3v) is 7.21. The van der Waals surface area contributed by atoms with Crippen LogP contribution in [0.5, 0.6) is 5.75 Å². The van der Waals surface area contributed by atoms with Crippen LogP contribution in [0.2, 0.25) is 5.54 Å². The van der Waals surface area contributed by atoms with Crippen LogP contribution in [0.15, 0.2) is 0 Å². The number of hydrogen-bond acceptors (Lipinski definition) is 5.